The van der Waals surface area contributed by atoms with Gasteiger partial charge in [-0.15, -0.1) is 0 Å². The third kappa shape index (κ3) is 2.96. The topological polar surface area (TPSA) is 68.3 Å². The smallest absolute Gasteiger partial charge is 0.258 e. The second-order valence-electron chi connectivity index (χ2n) is 5.00. The van der Waals surface area contributed by atoms with Crippen molar-refractivity contribution in [3.05, 3.63) is 58.6 Å². The van der Waals surface area contributed by atoms with E-state index in [0.717, 1.165) is 12.0 Å². The molecule has 0 aliphatic heterocycles. The molecular formula is C16H16N2O3S. The number of ether oxygens (including phenoxy) is 1. The molecular weight excluding hydrogens is 300 g/mol. The molecule has 5 nitrogen and oxygen atoms in total. The number of anilines is 1. The largest absolute Gasteiger partial charge is 0.481 e. The minimum atomic E-state index is -3.57. The van der Waals surface area contributed by atoms with Crippen LogP contribution in [0.25, 0.3) is 6.08 Å². The van der Waals surface area contributed by atoms with Crippen molar-refractivity contribution in [3.63, 3.8) is 0 Å². The summed E-state index contributed by atoms with van der Waals surface area (Å²) < 4.78 is 32.5. The summed E-state index contributed by atoms with van der Waals surface area (Å²) in [4.78, 5) is 4.38. The average molecular weight is 316 g/mol. The lowest BCUT2D eigenvalue weighted by Gasteiger charge is -2.17. The molecule has 0 atom stereocenters. The van der Waals surface area contributed by atoms with Gasteiger partial charge in [-0.1, -0.05) is 24.3 Å². The number of nitrogens with zero attached hydrogens (tertiary/aromatic N) is 1. The Morgan fingerprint density at radius 3 is 2.68 bits per heavy atom. The Morgan fingerprint density at radius 1 is 1.14 bits per heavy atom. The number of benzene rings is 1. The summed E-state index contributed by atoms with van der Waals surface area (Å²) in [5.41, 5.74) is 2.55. The van der Waals surface area contributed by atoms with E-state index in [0.29, 0.717) is 22.9 Å². The molecule has 0 amide bonds. The second-order valence-corrected chi connectivity index (χ2v) is 6.74. The molecule has 0 saturated heterocycles. The molecule has 0 spiro atoms. The van der Waals surface area contributed by atoms with Gasteiger partial charge in [0.15, 0.2) is 0 Å². The zero-order valence-corrected chi connectivity index (χ0v) is 12.9. The fraction of sp³-hybridized carbons (Fsp3) is 0.188. The predicted octanol–water partition coefficient (Wildman–Crippen LogP) is 2.82. The molecule has 2 aromatic rings. The fourth-order valence-corrected chi connectivity index (χ4v) is 3.62. The number of hydrogen-bond donors (Lipinski definition) is 1. The first-order chi connectivity index (χ1) is 10.6. The van der Waals surface area contributed by atoms with Crippen molar-refractivity contribution in [2.45, 2.75) is 12.8 Å². The molecule has 1 aromatic heterocycles. The number of aryl methyl sites for hydroxylation is 1. The Morgan fingerprint density at radius 2 is 1.95 bits per heavy atom. The Bertz CT molecular complexity index is 812. The molecule has 0 saturated carbocycles. The number of aromatic nitrogens is 1. The first-order valence-electron chi connectivity index (χ1n) is 6.90. The van der Waals surface area contributed by atoms with Gasteiger partial charge in [0, 0.05) is 6.07 Å². The number of pyridine rings is 1. The quantitative estimate of drug-likeness (QED) is 0.942. The van der Waals surface area contributed by atoms with Gasteiger partial charge in [-0.05, 0) is 36.1 Å². The zero-order valence-electron chi connectivity index (χ0n) is 12.1. The number of rotatable bonds is 4. The van der Waals surface area contributed by atoms with Crippen LogP contribution in [0.2, 0.25) is 0 Å². The van der Waals surface area contributed by atoms with Crippen LogP contribution in [0.5, 0.6) is 5.88 Å². The molecule has 6 heteroatoms. The Labute approximate surface area is 129 Å². The van der Waals surface area contributed by atoms with E-state index in [4.69, 9.17) is 4.74 Å². The molecule has 1 N–H and O–H groups in total. The molecule has 114 valence electrons. The van der Waals surface area contributed by atoms with Crippen LogP contribution >= 0.6 is 0 Å². The van der Waals surface area contributed by atoms with Gasteiger partial charge in [0.25, 0.3) is 10.0 Å². The number of nitrogens with one attached hydrogen (secondary N) is 1. The summed E-state index contributed by atoms with van der Waals surface area (Å²) in [6.07, 6.45) is 4.39. The van der Waals surface area contributed by atoms with E-state index in [-0.39, 0.29) is 0 Å². The molecule has 1 aliphatic carbocycles. The first kappa shape index (κ1) is 14.6. The molecule has 0 radical (unpaired) electrons. The minimum absolute atomic E-state index is 0.391. The highest BCUT2D eigenvalue weighted by atomic mass is 32.2. The van der Waals surface area contributed by atoms with Crippen molar-refractivity contribution in [1.29, 1.82) is 0 Å². The van der Waals surface area contributed by atoms with E-state index >= 15 is 0 Å². The van der Waals surface area contributed by atoms with E-state index in [1.807, 2.05) is 24.3 Å². The molecule has 1 aliphatic rings. The number of allylic oxidation sites excluding steroid dienone is 1. The van der Waals surface area contributed by atoms with Gasteiger partial charge in [0.1, 0.15) is 0 Å². The third-order valence-electron chi connectivity index (χ3n) is 3.56. The summed E-state index contributed by atoms with van der Waals surface area (Å²) in [7, 11) is -2.06. The number of methoxy groups -OCH3 is 1. The molecule has 3 rings (SSSR count). The summed E-state index contributed by atoms with van der Waals surface area (Å²) in [5.74, 6) is 0.439. The van der Waals surface area contributed by atoms with Crippen molar-refractivity contribution in [1.82, 2.24) is 4.98 Å². The van der Waals surface area contributed by atoms with Crippen LogP contribution < -0.4 is 9.46 Å². The third-order valence-corrected chi connectivity index (χ3v) is 5.07. The fourth-order valence-electron chi connectivity index (χ4n) is 2.40. The van der Waals surface area contributed by atoms with Crippen LogP contribution in [0.1, 0.15) is 17.5 Å². The van der Waals surface area contributed by atoms with Crippen molar-refractivity contribution in [2.75, 3.05) is 11.8 Å². The van der Waals surface area contributed by atoms with Crippen molar-refractivity contribution in [3.8, 4) is 5.88 Å². The summed E-state index contributed by atoms with van der Waals surface area (Å²) in [5, 5.41) is 0. The average Bonchev–Trinajstić information content (AvgIpc) is 2.55. The Hall–Kier alpha value is -2.34. The van der Waals surface area contributed by atoms with Crippen LogP contribution in [0.3, 0.4) is 0 Å². The number of fused-ring (bicyclic) bond motifs is 1. The standard InChI is InChI=1S/C16H16N2O3S/c1-21-16-9-7-14(11-17-16)18-22(19,20)15-8-6-12-4-2-3-5-13(12)10-15/h2-5,7,9-11,18H,6,8H2,1H3. The second kappa shape index (κ2) is 5.81. The highest BCUT2D eigenvalue weighted by Crippen LogP contribution is 2.28. The van der Waals surface area contributed by atoms with Crippen LogP contribution in [0, 0.1) is 0 Å². The SMILES string of the molecule is COc1ccc(NS(=O)(=O)C2=Cc3ccccc3CC2)cn1. The maximum absolute atomic E-state index is 12.5. The zero-order chi connectivity index (χ0) is 15.6. The van der Waals surface area contributed by atoms with Gasteiger partial charge < -0.3 is 4.74 Å². The van der Waals surface area contributed by atoms with Crippen LogP contribution in [0.15, 0.2) is 47.5 Å². The van der Waals surface area contributed by atoms with Crippen molar-refractivity contribution < 1.29 is 13.2 Å². The normalized spacial score (nSPS) is 14.0. The molecule has 0 unspecified atom stereocenters. The molecule has 1 heterocycles. The van der Waals surface area contributed by atoms with Crippen molar-refractivity contribution in [2.24, 2.45) is 0 Å². The van der Waals surface area contributed by atoms with Gasteiger partial charge in [-0.3, -0.25) is 4.72 Å². The monoisotopic (exact) mass is 316 g/mol. The molecule has 0 bridgehead atoms. The highest BCUT2D eigenvalue weighted by Gasteiger charge is 2.21. The van der Waals surface area contributed by atoms with E-state index in [1.54, 1.807) is 18.2 Å². The van der Waals surface area contributed by atoms with E-state index in [2.05, 4.69) is 9.71 Å². The maximum atomic E-state index is 12.5. The number of hydrogen-bond acceptors (Lipinski definition) is 4. The van der Waals surface area contributed by atoms with Gasteiger partial charge in [-0.2, -0.15) is 0 Å². The Kier molecular flexibility index (Phi) is 3.85. The Balaban J connectivity index is 1.85. The van der Waals surface area contributed by atoms with Gasteiger partial charge in [0.2, 0.25) is 5.88 Å². The van der Waals surface area contributed by atoms with Gasteiger partial charge in [0.05, 0.1) is 23.9 Å². The van der Waals surface area contributed by atoms with Crippen LogP contribution in [-0.4, -0.2) is 20.5 Å². The maximum Gasteiger partial charge on any atom is 0.258 e. The van der Waals surface area contributed by atoms with Gasteiger partial charge >= 0.3 is 0 Å². The number of sulfonamides is 1. The van der Waals surface area contributed by atoms with E-state index in [9.17, 15) is 8.42 Å². The lowest BCUT2D eigenvalue weighted by molar-refractivity contribution is 0.398. The predicted molar refractivity (Wildman–Crippen MR) is 86.1 cm³/mol. The lowest BCUT2D eigenvalue weighted by atomic mass is 9.98. The van der Waals surface area contributed by atoms with Crippen LogP contribution in [-0.2, 0) is 16.4 Å². The molecule has 22 heavy (non-hydrogen) atoms. The summed E-state index contributed by atoms with van der Waals surface area (Å²) >= 11 is 0. The minimum Gasteiger partial charge on any atom is -0.481 e. The van der Waals surface area contributed by atoms with E-state index < -0.39 is 10.0 Å². The highest BCUT2D eigenvalue weighted by molar-refractivity contribution is 7.96. The van der Waals surface area contributed by atoms with Gasteiger partial charge in [-0.25, -0.2) is 13.4 Å². The summed E-state index contributed by atoms with van der Waals surface area (Å²) in [6, 6.07) is 11.1. The molecule has 0 fully saturated rings. The lowest BCUT2D eigenvalue weighted by Crippen LogP contribution is -2.17. The van der Waals surface area contributed by atoms with Crippen LogP contribution in [0.4, 0.5) is 5.69 Å². The summed E-state index contributed by atoms with van der Waals surface area (Å²) in [6.45, 7) is 0. The van der Waals surface area contributed by atoms with Crippen molar-refractivity contribution >= 4 is 21.8 Å². The first-order valence-corrected chi connectivity index (χ1v) is 8.38. The van der Waals surface area contributed by atoms with E-state index in [1.165, 1.54) is 18.9 Å². The molecule has 1 aromatic carbocycles.